The predicted molar refractivity (Wildman–Crippen MR) is 86.7 cm³/mol. The van der Waals surface area contributed by atoms with Crippen LogP contribution in [-0.4, -0.2) is 22.9 Å². The molecule has 4 nitrogen and oxygen atoms in total. The fourth-order valence-electron chi connectivity index (χ4n) is 2.86. The van der Waals surface area contributed by atoms with Crippen LogP contribution in [0.15, 0.2) is 28.9 Å². The van der Waals surface area contributed by atoms with Gasteiger partial charge in [-0.25, -0.2) is 0 Å². The maximum Gasteiger partial charge on any atom is 0.125 e. The first-order valence-electron chi connectivity index (χ1n) is 7.34. The molecule has 0 fully saturated rings. The number of hydrogen-bond acceptors (Lipinski definition) is 3. The molecule has 0 spiro atoms. The van der Waals surface area contributed by atoms with Gasteiger partial charge in [0.1, 0.15) is 5.75 Å². The lowest BCUT2D eigenvalue weighted by Gasteiger charge is -2.18. The van der Waals surface area contributed by atoms with Gasteiger partial charge in [0.25, 0.3) is 0 Å². The molecule has 2 heterocycles. The summed E-state index contributed by atoms with van der Waals surface area (Å²) in [4.78, 5) is 0. The molecular weight excluding hydrogens is 330 g/mol. The van der Waals surface area contributed by atoms with Gasteiger partial charge < -0.3 is 10.1 Å². The third-order valence-corrected chi connectivity index (χ3v) is 4.25. The van der Waals surface area contributed by atoms with Gasteiger partial charge in [0, 0.05) is 24.1 Å². The highest BCUT2D eigenvalue weighted by Gasteiger charge is 2.21. The van der Waals surface area contributed by atoms with Crippen molar-refractivity contribution >= 4 is 15.9 Å². The zero-order valence-electron chi connectivity index (χ0n) is 12.4. The van der Waals surface area contributed by atoms with Crippen molar-refractivity contribution in [3.8, 4) is 5.75 Å². The van der Waals surface area contributed by atoms with Crippen LogP contribution in [0.3, 0.4) is 0 Å². The van der Waals surface area contributed by atoms with Crippen LogP contribution in [0.5, 0.6) is 5.75 Å². The van der Waals surface area contributed by atoms with E-state index in [9.17, 15) is 0 Å². The van der Waals surface area contributed by atoms with Crippen LogP contribution in [0.1, 0.15) is 29.8 Å². The maximum absolute atomic E-state index is 5.83. The number of nitrogens with one attached hydrogen (secondary N) is 1. The lowest BCUT2D eigenvalue weighted by molar-refractivity contribution is 0.351. The maximum atomic E-state index is 5.83. The number of aryl methyl sites for hydroxylation is 1. The first-order valence-corrected chi connectivity index (χ1v) is 8.13. The number of aromatic nitrogens is 2. The summed E-state index contributed by atoms with van der Waals surface area (Å²) in [6, 6.07) is 6.61. The molecular formula is C16H20BrN3O. The average Bonchev–Trinajstić information content (AvgIpc) is 3.06. The van der Waals surface area contributed by atoms with Crippen LogP contribution in [0, 0.1) is 0 Å². The Kier molecular flexibility index (Phi) is 4.31. The van der Waals surface area contributed by atoms with Crippen molar-refractivity contribution in [2.24, 2.45) is 7.05 Å². The van der Waals surface area contributed by atoms with Gasteiger partial charge in [0.2, 0.25) is 0 Å². The molecule has 1 N–H and O–H groups in total. The molecule has 3 rings (SSSR count). The number of benzene rings is 1. The number of fused-ring (bicyclic) bond motifs is 1. The summed E-state index contributed by atoms with van der Waals surface area (Å²) in [6.07, 6.45) is 3.87. The van der Waals surface area contributed by atoms with Crippen molar-refractivity contribution in [1.29, 1.82) is 0 Å². The van der Waals surface area contributed by atoms with Gasteiger partial charge >= 0.3 is 0 Å². The van der Waals surface area contributed by atoms with Crippen LogP contribution in [-0.2, 0) is 19.9 Å². The Labute approximate surface area is 133 Å². The van der Waals surface area contributed by atoms with Gasteiger partial charge in [-0.1, -0.05) is 22.9 Å². The Morgan fingerprint density at radius 3 is 3.05 bits per heavy atom. The summed E-state index contributed by atoms with van der Waals surface area (Å²) in [5, 5.41) is 8.07. The smallest absolute Gasteiger partial charge is 0.125 e. The van der Waals surface area contributed by atoms with Gasteiger partial charge in [-0.15, -0.1) is 0 Å². The SMILES string of the molecule is CCNC(Cc1cc(Br)cc2c1OCC2)c1ccn(C)n1. The van der Waals surface area contributed by atoms with E-state index in [2.05, 4.69) is 51.5 Å². The molecule has 112 valence electrons. The number of rotatable bonds is 5. The third kappa shape index (κ3) is 3.14. The number of ether oxygens (including phenoxy) is 1. The summed E-state index contributed by atoms with van der Waals surface area (Å²) in [7, 11) is 1.95. The fraction of sp³-hybridized carbons (Fsp3) is 0.438. The summed E-state index contributed by atoms with van der Waals surface area (Å²) in [5.74, 6) is 1.07. The van der Waals surface area contributed by atoms with Gasteiger partial charge in [0.05, 0.1) is 18.3 Å². The second-order valence-corrected chi connectivity index (χ2v) is 6.30. The molecule has 0 saturated heterocycles. The molecule has 0 saturated carbocycles. The minimum Gasteiger partial charge on any atom is -0.493 e. The summed E-state index contributed by atoms with van der Waals surface area (Å²) >= 11 is 3.61. The van der Waals surface area contributed by atoms with Crippen LogP contribution < -0.4 is 10.1 Å². The fourth-order valence-corrected chi connectivity index (χ4v) is 3.42. The van der Waals surface area contributed by atoms with E-state index in [1.165, 1.54) is 11.1 Å². The number of likely N-dealkylation sites (N-methyl/N-ethyl adjacent to an activating group) is 1. The normalized spacial score (nSPS) is 14.8. The topological polar surface area (TPSA) is 39.1 Å². The molecule has 0 amide bonds. The molecule has 1 aliphatic heterocycles. The number of nitrogens with zero attached hydrogens (tertiary/aromatic N) is 2. The Morgan fingerprint density at radius 1 is 1.48 bits per heavy atom. The molecule has 0 aliphatic carbocycles. The molecule has 1 aromatic carbocycles. The highest BCUT2D eigenvalue weighted by molar-refractivity contribution is 9.10. The van der Waals surface area contributed by atoms with E-state index in [4.69, 9.17) is 4.74 Å². The zero-order valence-corrected chi connectivity index (χ0v) is 14.0. The number of halogens is 1. The third-order valence-electron chi connectivity index (χ3n) is 3.79. The average molecular weight is 350 g/mol. The summed E-state index contributed by atoms with van der Waals surface area (Å²) in [5.41, 5.74) is 3.62. The monoisotopic (exact) mass is 349 g/mol. The summed E-state index contributed by atoms with van der Waals surface area (Å²) < 4.78 is 8.80. The Balaban J connectivity index is 1.90. The predicted octanol–water partition coefficient (Wildman–Crippen LogP) is 3.01. The zero-order chi connectivity index (χ0) is 14.8. The summed E-state index contributed by atoms with van der Waals surface area (Å²) in [6.45, 7) is 3.82. The minimum absolute atomic E-state index is 0.207. The molecule has 1 aromatic heterocycles. The van der Waals surface area contributed by atoms with Crippen LogP contribution >= 0.6 is 15.9 Å². The van der Waals surface area contributed by atoms with E-state index in [0.29, 0.717) is 0 Å². The first kappa shape index (κ1) is 14.6. The van der Waals surface area contributed by atoms with Crippen LogP contribution in [0.4, 0.5) is 0 Å². The molecule has 5 heteroatoms. The first-order chi connectivity index (χ1) is 10.2. The highest BCUT2D eigenvalue weighted by atomic mass is 79.9. The Bertz CT molecular complexity index is 638. The number of hydrogen-bond donors (Lipinski definition) is 1. The lowest BCUT2D eigenvalue weighted by atomic mass is 10.00. The second-order valence-electron chi connectivity index (χ2n) is 5.38. The molecule has 21 heavy (non-hydrogen) atoms. The molecule has 2 aromatic rings. The quantitative estimate of drug-likeness (QED) is 0.901. The van der Waals surface area contributed by atoms with Crippen molar-refractivity contribution in [1.82, 2.24) is 15.1 Å². The van der Waals surface area contributed by atoms with E-state index < -0.39 is 0 Å². The minimum atomic E-state index is 0.207. The standard InChI is InChI=1S/C16H20BrN3O/c1-3-18-15(14-4-6-20(2)19-14)10-12-9-13(17)8-11-5-7-21-16(11)12/h4,6,8-9,15,18H,3,5,7,10H2,1-2H3. The van der Waals surface area contributed by atoms with Crippen molar-refractivity contribution < 1.29 is 4.74 Å². The van der Waals surface area contributed by atoms with E-state index in [0.717, 1.165) is 41.9 Å². The molecule has 1 aliphatic rings. The van der Waals surface area contributed by atoms with Crippen molar-refractivity contribution in [3.63, 3.8) is 0 Å². The molecule has 1 unspecified atom stereocenters. The molecule has 0 radical (unpaired) electrons. The van der Waals surface area contributed by atoms with Crippen molar-refractivity contribution in [2.75, 3.05) is 13.2 Å². The van der Waals surface area contributed by atoms with Crippen LogP contribution in [0.25, 0.3) is 0 Å². The van der Waals surface area contributed by atoms with E-state index in [1.54, 1.807) is 0 Å². The molecule has 1 atom stereocenters. The van der Waals surface area contributed by atoms with E-state index >= 15 is 0 Å². The molecule has 0 bridgehead atoms. The van der Waals surface area contributed by atoms with Gasteiger partial charge in [0.15, 0.2) is 0 Å². The Morgan fingerprint density at radius 2 is 2.33 bits per heavy atom. The largest absolute Gasteiger partial charge is 0.493 e. The van der Waals surface area contributed by atoms with E-state index in [-0.39, 0.29) is 6.04 Å². The van der Waals surface area contributed by atoms with Gasteiger partial charge in [-0.3, -0.25) is 4.68 Å². The highest BCUT2D eigenvalue weighted by Crippen LogP contribution is 2.35. The second kappa shape index (κ2) is 6.20. The van der Waals surface area contributed by atoms with Crippen molar-refractivity contribution in [3.05, 3.63) is 45.7 Å². The Hall–Kier alpha value is -1.33. The van der Waals surface area contributed by atoms with Crippen LogP contribution in [0.2, 0.25) is 0 Å². The van der Waals surface area contributed by atoms with Gasteiger partial charge in [-0.05, 0) is 42.3 Å². The lowest BCUT2D eigenvalue weighted by Crippen LogP contribution is -2.23. The van der Waals surface area contributed by atoms with Crippen molar-refractivity contribution in [2.45, 2.75) is 25.8 Å². The van der Waals surface area contributed by atoms with E-state index in [1.807, 2.05) is 17.9 Å². The van der Waals surface area contributed by atoms with Gasteiger partial charge in [-0.2, -0.15) is 5.10 Å².